The molecule has 1 aromatic carbocycles. The lowest BCUT2D eigenvalue weighted by atomic mass is 10.0. The molecule has 1 unspecified atom stereocenters. The highest BCUT2D eigenvalue weighted by molar-refractivity contribution is 5.42. The minimum absolute atomic E-state index is 0.00102. The number of aromatic nitrogens is 1. The number of methoxy groups -OCH3 is 2. The van der Waals surface area contributed by atoms with E-state index in [0.717, 1.165) is 22.8 Å². The quantitative estimate of drug-likeness (QED) is 0.909. The molecular weight excluding hydrogens is 252 g/mol. The Morgan fingerprint density at radius 3 is 2.20 bits per heavy atom. The van der Waals surface area contributed by atoms with Crippen LogP contribution in [0.2, 0.25) is 0 Å². The summed E-state index contributed by atoms with van der Waals surface area (Å²) in [6, 6.07) is 9.91. The van der Waals surface area contributed by atoms with Gasteiger partial charge in [0.2, 0.25) is 0 Å². The SMILES string of the molecule is CNC(c1cc(OC)cc(OC)c1)c1cc(C)ccn1. The van der Waals surface area contributed by atoms with Crippen LogP contribution in [0, 0.1) is 6.92 Å². The number of hydrogen-bond donors (Lipinski definition) is 1. The molecule has 0 amide bonds. The van der Waals surface area contributed by atoms with Gasteiger partial charge in [-0.15, -0.1) is 0 Å². The molecule has 0 aliphatic carbocycles. The Labute approximate surface area is 119 Å². The summed E-state index contributed by atoms with van der Waals surface area (Å²) < 4.78 is 10.6. The Morgan fingerprint density at radius 1 is 1.05 bits per heavy atom. The predicted molar refractivity (Wildman–Crippen MR) is 79.4 cm³/mol. The van der Waals surface area contributed by atoms with E-state index in [1.54, 1.807) is 14.2 Å². The molecule has 1 heterocycles. The minimum atomic E-state index is -0.00102. The van der Waals surface area contributed by atoms with Crippen LogP contribution in [0.3, 0.4) is 0 Å². The van der Waals surface area contributed by atoms with Crippen molar-refractivity contribution >= 4 is 0 Å². The Kier molecular flexibility index (Phi) is 4.58. The second-order valence-corrected chi connectivity index (χ2v) is 4.63. The highest BCUT2D eigenvalue weighted by Crippen LogP contribution is 2.29. The van der Waals surface area contributed by atoms with Crippen LogP contribution in [0.5, 0.6) is 11.5 Å². The largest absolute Gasteiger partial charge is 0.497 e. The molecule has 0 fully saturated rings. The van der Waals surface area contributed by atoms with Crippen molar-refractivity contribution in [2.45, 2.75) is 13.0 Å². The molecule has 106 valence electrons. The zero-order chi connectivity index (χ0) is 14.5. The van der Waals surface area contributed by atoms with Gasteiger partial charge in [0.05, 0.1) is 26.0 Å². The molecule has 0 aliphatic heterocycles. The Hall–Kier alpha value is -2.07. The van der Waals surface area contributed by atoms with E-state index in [2.05, 4.69) is 23.3 Å². The van der Waals surface area contributed by atoms with Crippen LogP contribution in [0.15, 0.2) is 36.5 Å². The Balaban J connectivity index is 2.45. The van der Waals surface area contributed by atoms with E-state index in [1.807, 2.05) is 37.5 Å². The van der Waals surface area contributed by atoms with E-state index in [9.17, 15) is 0 Å². The number of aryl methyl sites for hydroxylation is 1. The third kappa shape index (κ3) is 3.08. The van der Waals surface area contributed by atoms with Gasteiger partial charge in [0.1, 0.15) is 11.5 Å². The van der Waals surface area contributed by atoms with Crippen LogP contribution in [0.4, 0.5) is 0 Å². The van der Waals surface area contributed by atoms with E-state index >= 15 is 0 Å². The standard InChI is InChI=1S/C16H20N2O2/c1-11-5-6-18-15(7-11)16(17-2)12-8-13(19-3)10-14(9-12)20-4/h5-10,16-17H,1-4H3. The van der Waals surface area contributed by atoms with Crippen molar-refractivity contribution in [3.8, 4) is 11.5 Å². The first kappa shape index (κ1) is 14.3. The summed E-state index contributed by atoms with van der Waals surface area (Å²) in [7, 11) is 5.22. The lowest BCUT2D eigenvalue weighted by Gasteiger charge is -2.18. The monoisotopic (exact) mass is 272 g/mol. The van der Waals surface area contributed by atoms with E-state index in [1.165, 1.54) is 5.56 Å². The van der Waals surface area contributed by atoms with Crippen LogP contribution in [0.25, 0.3) is 0 Å². The number of benzene rings is 1. The maximum atomic E-state index is 5.32. The van der Waals surface area contributed by atoms with Gasteiger partial charge in [-0.25, -0.2) is 0 Å². The molecule has 2 rings (SSSR count). The molecule has 2 aromatic rings. The van der Waals surface area contributed by atoms with E-state index in [-0.39, 0.29) is 6.04 Å². The first-order valence-electron chi connectivity index (χ1n) is 6.50. The van der Waals surface area contributed by atoms with Gasteiger partial charge in [-0.05, 0) is 49.4 Å². The van der Waals surface area contributed by atoms with Gasteiger partial charge >= 0.3 is 0 Å². The molecule has 4 heteroatoms. The summed E-state index contributed by atoms with van der Waals surface area (Å²) in [6.45, 7) is 2.06. The number of ether oxygens (including phenoxy) is 2. The molecule has 0 aliphatic rings. The van der Waals surface area contributed by atoms with Gasteiger partial charge in [0.15, 0.2) is 0 Å². The van der Waals surface area contributed by atoms with E-state index in [4.69, 9.17) is 9.47 Å². The Morgan fingerprint density at radius 2 is 1.70 bits per heavy atom. The smallest absolute Gasteiger partial charge is 0.122 e. The van der Waals surface area contributed by atoms with Gasteiger partial charge in [-0.1, -0.05) is 0 Å². The van der Waals surface area contributed by atoms with Gasteiger partial charge in [-0.2, -0.15) is 0 Å². The molecule has 1 N–H and O–H groups in total. The van der Waals surface area contributed by atoms with Crippen LogP contribution in [-0.4, -0.2) is 26.3 Å². The Bertz CT molecular complexity index is 562. The zero-order valence-electron chi connectivity index (χ0n) is 12.3. The number of pyridine rings is 1. The molecule has 0 spiro atoms. The fourth-order valence-electron chi connectivity index (χ4n) is 2.20. The molecule has 0 saturated carbocycles. The molecule has 0 radical (unpaired) electrons. The fraction of sp³-hybridized carbons (Fsp3) is 0.312. The first-order valence-corrected chi connectivity index (χ1v) is 6.50. The topological polar surface area (TPSA) is 43.4 Å². The summed E-state index contributed by atoms with van der Waals surface area (Å²) in [5, 5.41) is 3.29. The maximum Gasteiger partial charge on any atom is 0.122 e. The predicted octanol–water partition coefficient (Wildman–Crippen LogP) is 2.72. The molecule has 20 heavy (non-hydrogen) atoms. The average Bonchev–Trinajstić information content (AvgIpc) is 2.47. The van der Waals surface area contributed by atoms with Crippen LogP contribution in [0.1, 0.15) is 22.9 Å². The van der Waals surface area contributed by atoms with Crippen LogP contribution in [-0.2, 0) is 0 Å². The summed E-state index contributed by atoms with van der Waals surface area (Å²) in [6.07, 6.45) is 1.83. The molecular formula is C16H20N2O2. The van der Waals surface area contributed by atoms with Crippen molar-refractivity contribution < 1.29 is 9.47 Å². The number of nitrogens with zero attached hydrogens (tertiary/aromatic N) is 1. The normalized spacial score (nSPS) is 12.0. The lowest BCUT2D eigenvalue weighted by Crippen LogP contribution is -2.19. The van der Waals surface area contributed by atoms with Crippen molar-refractivity contribution in [3.63, 3.8) is 0 Å². The van der Waals surface area contributed by atoms with Crippen LogP contribution < -0.4 is 14.8 Å². The van der Waals surface area contributed by atoms with Crippen molar-refractivity contribution in [1.82, 2.24) is 10.3 Å². The van der Waals surface area contributed by atoms with E-state index < -0.39 is 0 Å². The second kappa shape index (κ2) is 6.39. The summed E-state index contributed by atoms with van der Waals surface area (Å²) in [5.74, 6) is 1.54. The molecule has 4 nitrogen and oxygen atoms in total. The highest BCUT2D eigenvalue weighted by Gasteiger charge is 2.15. The summed E-state index contributed by atoms with van der Waals surface area (Å²) in [4.78, 5) is 4.45. The molecule has 0 bridgehead atoms. The highest BCUT2D eigenvalue weighted by atomic mass is 16.5. The van der Waals surface area contributed by atoms with Crippen molar-refractivity contribution in [3.05, 3.63) is 53.3 Å². The second-order valence-electron chi connectivity index (χ2n) is 4.63. The number of rotatable bonds is 5. The number of nitrogens with one attached hydrogen (secondary N) is 1. The van der Waals surface area contributed by atoms with E-state index in [0.29, 0.717) is 0 Å². The average molecular weight is 272 g/mol. The third-order valence-corrected chi connectivity index (χ3v) is 3.23. The zero-order valence-corrected chi connectivity index (χ0v) is 12.3. The molecule has 0 saturated heterocycles. The minimum Gasteiger partial charge on any atom is -0.497 e. The lowest BCUT2D eigenvalue weighted by molar-refractivity contribution is 0.392. The van der Waals surface area contributed by atoms with Gasteiger partial charge in [0, 0.05) is 12.3 Å². The fourth-order valence-corrected chi connectivity index (χ4v) is 2.20. The van der Waals surface area contributed by atoms with Gasteiger partial charge in [-0.3, -0.25) is 4.98 Å². The molecule has 1 atom stereocenters. The summed E-state index contributed by atoms with van der Waals surface area (Å²) >= 11 is 0. The number of hydrogen-bond acceptors (Lipinski definition) is 4. The van der Waals surface area contributed by atoms with Gasteiger partial charge < -0.3 is 14.8 Å². The van der Waals surface area contributed by atoms with Crippen molar-refractivity contribution in [2.75, 3.05) is 21.3 Å². The van der Waals surface area contributed by atoms with Crippen LogP contribution >= 0.6 is 0 Å². The van der Waals surface area contributed by atoms with Crippen molar-refractivity contribution in [1.29, 1.82) is 0 Å². The van der Waals surface area contributed by atoms with Crippen molar-refractivity contribution in [2.24, 2.45) is 0 Å². The van der Waals surface area contributed by atoms with Gasteiger partial charge in [0.25, 0.3) is 0 Å². The summed E-state index contributed by atoms with van der Waals surface area (Å²) in [5.41, 5.74) is 3.22. The molecule has 1 aromatic heterocycles. The third-order valence-electron chi connectivity index (χ3n) is 3.23. The maximum absolute atomic E-state index is 5.32. The first-order chi connectivity index (χ1) is 9.67.